The maximum absolute atomic E-state index is 13.1. The van der Waals surface area contributed by atoms with Gasteiger partial charge in [0.1, 0.15) is 0 Å². The number of aliphatic hydroxyl groups excluding tert-OH is 1. The summed E-state index contributed by atoms with van der Waals surface area (Å²) in [5.41, 5.74) is 0.262. The summed E-state index contributed by atoms with van der Waals surface area (Å²) in [7, 11) is 0. The Morgan fingerprint density at radius 1 is 1.50 bits per heavy atom. The van der Waals surface area contributed by atoms with E-state index in [0.717, 1.165) is 0 Å². The molecule has 2 nitrogen and oxygen atoms in total. The molecule has 0 unspecified atom stereocenters. The number of halogens is 1. The van der Waals surface area contributed by atoms with Crippen molar-refractivity contribution in [2.24, 2.45) is 0 Å². The van der Waals surface area contributed by atoms with Crippen LogP contribution in [0.1, 0.15) is 12.5 Å². The summed E-state index contributed by atoms with van der Waals surface area (Å²) in [6, 6.07) is 4.32. The molecule has 0 fully saturated rings. The van der Waals surface area contributed by atoms with E-state index in [1.807, 2.05) is 0 Å². The maximum Gasteiger partial charge on any atom is 0.168 e. The number of hydrogen-bond donors (Lipinski definition) is 2. The van der Waals surface area contributed by atoms with E-state index in [1.54, 1.807) is 6.92 Å². The molecule has 1 rings (SSSR count). The Bertz CT molecular complexity index is 273. The van der Waals surface area contributed by atoms with Crippen LogP contribution in [0.25, 0.3) is 0 Å². The van der Waals surface area contributed by atoms with Gasteiger partial charge in [0, 0.05) is 11.5 Å². The van der Waals surface area contributed by atoms with Gasteiger partial charge < -0.3 is 10.2 Å². The minimum absolute atomic E-state index is 0.208. The van der Waals surface area contributed by atoms with Gasteiger partial charge in [-0.1, -0.05) is 19.1 Å². The lowest BCUT2D eigenvalue weighted by Crippen LogP contribution is -2.02. The van der Waals surface area contributed by atoms with Crippen LogP contribution in [0.2, 0.25) is 0 Å². The molecule has 1 aromatic rings. The van der Waals surface area contributed by atoms with E-state index in [0.29, 0.717) is 5.92 Å². The Balaban J connectivity index is 3.07. The minimum atomic E-state index is -0.677. The summed E-state index contributed by atoms with van der Waals surface area (Å²) in [5, 5.41) is 17.7. The van der Waals surface area contributed by atoms with Gasteiger partial charge in [-0.15, -0.1) is 0 Å². The SMILES string of the molecule is C[C](CO)c1cccc(O)c1F. The van der Waals surface area contributed by atoms with E-state index in [9.17, 15) is 4.39 Å². The van der Waals surface area contributed by atoms with E-state index < -0.39 is 5.82 Å². The Morgan fingerprint density at radius 2 is 2.17 bits per heavy atom. The van der Waals surface area contributed by atoms with Crippen LogP contribution in [-0.2, 0) is 0 Å². The van der Waals surface area contributed by atoms with Crippen molar-refractivity contribution in [1.29, 1.82) is 0 Å². The first-order chi connectivity index (χ1) is 5.66. The number of rotatable bonds is 2. The maximum atomic E-state index is 13.1. The third-order valence-electron chi connectivity index (χ3n) is 1.68. The van der Waals surface area contributed by atoms with Crippen LogP contribution in [0.3, 0.4) is 0 Å². The third kappa shape index (κ3) is 1.56. The normalized spacial score (nSPS) is 10.7. The average molecular weight is 169 g/mol. The lowest BCUT2D eigenvalue weighted by atomic mass is 10.0. The smallest absolute Gasteiger partial charge is 0.168 e. The van der Waals surface area contributed by atoms with Crippen molar-refractivity contribution in [2.75, 3.05) is 6.61 Å². The molecule has 0 saturated carbocycles. The van der Waals surface area contributed by atoms with E-state index in [2.05, 4.69) is 0 Å². The molecule has 2 N–H and O–H groups in total. The summed E-state index contributed by atoms with van der Waals surface area (Å²) >= 11 is 0. The molecule has 1 radical (unpaired) electrons. The minimum Gasteiger partial charge on any atom is -0.505 e. The Kier molecular flexibility index (Phi) is 2.65. The third-order valence-corrected chi connectivity index (χ3v) is 1.68. The molecule has 0 spiro atoms. The molecule has 1 aromatic carbocycles. The standard InChI is InChI=1S/C9H10FO2/c1-6(5-11)7-3-2-4-8(12)9(7)10/h2-4,11-12H,5H2,1H3. The highest BCUT2D eigenvalue weighted by Gasteiger charge is 2.12. The Hall–Kier alpha value is -1.09. The second-order valence-electron chi connectivity index (χ2n) is 2.58. The molecule has 0 aliphatic rings. The van der Waals surface area contributed by atoms with Gasteiger partial charge in [-0.05, 0) is 6.07 Å². The molecule has 0 amide bonds. The Morgan fingerprint density at radius 3 is 2.75 bits per heavy atom. The van der Waals surface area contributed by atoms with Gasteiger partial charge in [0.2, 0.25) is 0 Å². The van der Waals surface area contributed by atoms with Crippen LogP contribution in [0.5, 0.6) is 5.75 Å². The van der Waals surface area contributed by atoms with E-state index in [1.165, 1.54) is 18.2 Å². The van der Waals surface area contributed by atoms with Crippen LogP contribution in [0, 0.1) is 11.7 Å². The lowest BCUT2D eigenvalue weighted by Gasteiger charge is -2.08. The van der Waals surface area contributed by atoms with E-state index in [-0.39, 0.29) is 17.9 Å². The van der Waals surface area contributed by atoms with Gasteiger partial charge in [-0.3, -0.25) is 0 Å². The number of hydrogen-bond acceptors (Lipinski definition) is 2. The van der Waals surface area contributed by atoms with Gasteiger partial charge in [-0.2, -0.15) is 0 Å². The van der Waals surface area contributed by atoms with Crippen molar-refractivity contribution in [3.05, 3.63) is 35.5 Å². The molecule has 0 heterocycles. The molecule has 0 aliphatic heterocycles. The van der Waals surface area contributed by atoms with Crippen LogP contribution in [0.4, 0.5) is 4.39 Å². The molecule has 0 saturated heterocycles. The highest BCUT2D eigenvalue weighted by atomic mass is 19.1. The molecule has 0 atom stereocenters. The number of phenols is 1. The zero-order valence-electron chi connectivity index (χ0n) is 6.71. The zero-order chi connectivity index (χ0) is 9.14. The number of benzene rings is 1. The fraction of sp³-hybridized carbons (Fsp3) is 0.222. The molecular formula is C9H10FO2. The van der Waals surface area contributed by atoms with Crippen molar-refractivity contribution < 1.29 is 14.6 Å². The molecule has 0 bridgehead atoms. The van der Waals surface area contributed by atoms with Crippen LogP contribution in [-0.4, -0.2) is 16.8 Å². The number of phenolic OH excluding ortho intramolecular Hbond substituents is 1. The summed E-state index contributed by atoms with van der Waals surface area (Å²) < 4.78 is 13.1. The Labute approximate surface area is 70.3 Å². The largest absolute Gasteiger partial charge is 0.505 e. The zero-order valence-corrected chi connectivity index (χ0v) is 6.71. The predicted molar refractivity (Wildman–Crippen MR) is 43.2 cm³/mol. The van der Waals surface area contributed by atoms with Crippen molar-refractivity contribution in [1.82, 2.24) is 0 Å². The summed E-state index contributed by atoms with van der Waals surface area (Å²) in [4.78, 5) is 0. The summed E-state index contributed by atoms with van der Waals surface area (Å²) in [5.74, 6) is -0.562. The van der Waals surface area contributed by atoms with Gasteiger partial charge in [-0.25, -0.2) is 4.39 Å². The highest BCUT2D eigenvalue weighted by Crippen LogP contribution is 2.23. The summed E-state index contributed by atoms with van der Waals surface area (Å²) in [6.45, 7) is 1.40. The van der Waals surface area contributed by atoms with Crippen molar-refractivity contribution >= 4 is 0 Å². The van der Waals surface area contributed by atoms with Gasteiger partial charge in [0.25, 0.3) is 0 Å². The highest BCUT2D eigenvalue weighted by molar-refractivity contribution is 5.37. The number of aliphatic hydroxyl groups is 1. The van der Waals surface area contributed by atoms with Crippen molar-refractivity contribution in [3.8, 4) is 5.75 Å². The lowest BCUT2D eigenvalue weighted by molar-refractivity contribution is 0.312. The van der Waals surface area contributed by atoms with E-state index in [4.69, 9.17) is 10.2 Å². The number of aromatic hydroxyl groups is 1. The first kappa shape index (κ1) is 9.00. The first-order valence-electron chi connectivity index (χ1n) is 3.58. The first-order valence-corrected chi connectivity index (χ1v) is 3.58. The van der Waals surface area contributed by atoms with Crippen molar-refractivity contribution in [2.45, 2.75) is 6.92 Å². The monoisotopic (exact) mass is 169 g/mol. The second-order valence-corrected chi connectivity index (χ2v) is 2.58. The molecular weight excluding hydrogens is 159 g/mol. The molecule has 0 aliphatic carbocycles. The fourth-order valence-electron chi connectivity index (χ4n) is 0.935. The molecule has 0 aromatic heterocycles. The van der Waals surface area contributed by atoms with Crippen molar-refractivity contribution in [3.63, 3.8) is 0 Å². The fourth-order valence-corrected chi connectivity index (χ4v) is 0.935. The van der Waals surface area contributed by atoms with Gasteiger partial charge >= 0.3 is 0 Å². The molecule has 12 heavy (non-hydrogen) atoms. The second kappa shape index (κ2) is 3.54. The quantitative estimate of drug-likeness (QED) is 0.703. The van der Waals surface area contributed by atoms with E-state index >= 15 is 0 Å². The van der Waals surface area contributed by atoms with Crippen LogP contribution < -0.4 is 0 Å². The topological polar surface area (TPSA) is 40.5 Å². The van der Waals surface area contributed by atoms with Crippen LogP contribution >= 0.6 is 0 Å². The average Bonchev–Trinajstić information content (AvgIpc) is 2.08. The molecule has 3 heteroatoms. The summed E-state index contributed by atoms with van der Waals surface area (Å²) in [6.07, 6.45) is 0. The van der Waals surface area contributed by atoms with Gasteiger partial charge in [0.05, 0.1) is 6.61 Å². The van der Waals surface area contributed by atoms with Gasteiger partial charge in [0.15, 0.2) is 11.6 Å². The predicted octanol–water partition coefficient (Wildman–Crippen LogP) is 1.47. The molecule has 65 valence electrons. The van der Waals surface area contributed by atoms with Crippen LogP contribution in [0.15, 0.2) is 18.2 Å².